The van der Waals surface area contributed by atoms with Crippen LogP contribution in [0.4, 0.5) is 5.69 Å². The van der Waals surface area contributed by atoms with E-state index in [9.17, 15) is 4.79 Å². The maximum atomic E-state index is 13.6. The number of piperidine rings is 1. The van der Waals surface area contributed by atoms with Crippen molar-refractivity contribution in [3.05, 3.63) is 58.7 Å². The van der Waals surface area contributed by atoms with Gasteiger partial charge >= 0.3 is 0 Å². The third-order valence-corrected chi connectivity index (χ3v) is 7.19. The van der Waals surface area contributed by atoms with Gasteiger partial charge in [0.2, 0.25) is 0 Å². The second-order valence-electron chi connectivity index (χ2n) is 9.04. The Kier molecular flexibility index (Phi) is 4.94. The summed E-state index contributed by atoms with van der Waals surface area (Å²) < 4.78 is 5.51. The smallest absolute Gasteiger partial charge is 0.258 e. The Morgan fingerprint density at radius 2 is 1.80 bits per heavy atom. The van der Waals surface area contributed by atoms with Crippen molar-refractivity contribution in [1.82, 2.24) is 9.80 Å². The molecule has 0 saturated carbocycles. The van der Waals surface area contributed by atoms with Crippen LogP contribution >= 0.6 is 0 Å². The summed E-state index contributed by atoms with van der Waals surface area (Å²) in [4.78, 5) is 20.5. The summed E-state index contributed by atoms with van der Waals surface area (Å²) in [7, 11) is 3.83. The van der Waals surface area contributed by atoms with E-state index in [2.05, 4.69) is 39.9 Å². The first-order valence-corrected chi connectivity index (χ1v) is 11.1. The van der Waals surface area contributed by atoms with E-state index in [0.717, 1.165) is 51.1 Å². The van der Waals surface area contributed by atoms with Crippen LogP contribution in [-0.2, 0) is 0 Å². The summed E-state index contributed by atoms with van der Waals surface area (Å²) >= 11 is 0. The highest BCUT2D eigenvalue weighted by Gasteiger charge is 2.41. The number of amides is 1. The van der Waals surface area contributed by atoms with Gasteiger partial charge in [-0.3, -0.25) is 4.79 Å². The predicted molar refractivity (Wildman–Crippen MR) is 120 cm³/mol. The van der Waals surface area contributed by atoms with Crippen molar-refractivity contribution < 1.29 is 9.53 Å². The predicted octanol–water partition coefficient (Wildman–Crippen LogP) is 3.83. The van der Waals surface area contributed by atoms with Gasteiger partial charge in [-0.2, -0.15) is 0 Å². The number of likely N-dealkylation sites (N-methyl/N-ethyl adjacent to an activating group) is 1. The van der Waals surface area contributed by atoms with Crippen molar-refractivity contribution >= 4 is 11.6 Å². The number of fused-ring (bicyclic) bond motifs is 5. The Hall–Kier alpha value is -2.53. The Balaban J connectivity index is 1.46. The molecule has 2 aromatic rings. The fourth-order valence-corrected chi connectivity index (χ4v) is 5.41. The quantitative estimate of drug-likeness (QED) is 0.778. The van der Waals surface area contributed by atoms with E-state index in [0.29, 0.717) is 17.2 Å². The second-order valence-corrected chi connectivity index (χ2v) is 9.04. The third-order valence-electron chi connectivity index (χ3n) is 7.19. The zero-order chi connectivity index (χ0) is 20.8. The molecule has 1 aliphatic carbocycles. The van der Waals surface area contributed by atoms with Gasteiger partial charge in [-0.15, -0.1) is 0 Å². The molecular formula is C25H31N3O2. The van der Waals surface area contributed by atoms with E-state index in [1.165, 1.54) is 16.8 Å². The molecule has 5 heteroatoms. The van der Waals surface area contributed by atoms with Crippen LogP contribution in [-0.4, -0.2) is 62.6 Å². The number of hydrogen-bond acceptors (Lipinski definition) is 4. The topological polar surface area (TPSA) is 36.0 Å². The summed E-state index contributed by atoms with van der Waals surface area (Å²) in [5, 5.41) is 0. The van der Waals surface area contributed by atoms with Crippen LogP contribution in [0.3, 0.4) is 0 Å². The van der Waals surface area contributed by atoms with Gasteiger partial charge in [0, 0.05) is 38.4 Å². The van der Waals surface area contributed by atoms with E-state index in [1.807, 2.05) is 25.1 Å². The van der Waals surface area contributed by atoms with Crippen molar-refractivity contribution in [2.45, 2.75) is 31.7 Å². The maximum Gasteiger partial charge on any atom is 0.258 e. The van der Waals surface area contributed by atoms with Crippen LogP contribution in [0, 0.1) is 6.92 Å². The van der Waals surface area contributed by atoms with Gasteiger partial charge in [0.15, 0.2) is 0 Å². The molecule has 2 aliphatic heterocycles. The first-order valence-electron chi connectivity index (χ1n) is 11.1. The third kappa shape index (κ3) is 3.25. The number of methoxy groups -OCH3 is 1. The van der Waals surface area contributed by atoms with E-state index >= 15 is 0 Å². The molecular weight excluding hydrogens is 374 g/mol. The standard InChI is InChI=1S/C25H31N3O2/c1-17-4-7-24(30-3)22(14-17)25(29)28-9-8-18-15-23(28)21-16-19(5-6-20(18)21)27-12-10-26(2)11-13-27/h4-7,14,16,18,23H,8-13,15H2,1-3H3/t18-,23-/m1/s1. The number of anilines is 1. The van der Waals surface area contributed by atoms with Gasteiger partial charge in [0.25, 0.3) is 5.91 Å². The van der Waals surface area contributed by atoms with Gasteiger partial charge in [-0.1, -0.05) is 17.7 Å². The first kappa shape index (κ1) is 19.4. The minimum Gasteiger partial charge on any atom is -0.496 e. The number of piperazine rings is 1. The van der Waals surface area contributed by atoms with Gasteiger partial charge in [0.1, 0.15) is 5.75 Å². The van der Waals surface area contributed by atoms with E-state index in [4.69, 9.17) is 4.74 Å². The Morgan fingerprint density at radius 1 is 1.00 bits per heavy atom. The number of carbonyl (C=O) groups excluding carboxylic acids is 1. The molecule has 2 atom stereocenters. The zero-order valence-electron chi connectivity index (χ0n) is 18.2. The normalized spacial score (nSPS) is 23.4. The minimum absolute atomic E-state index is 0.0943. The number of likely N-dealkylation sites (tertiary alicyclic amines) is 1. The summed E-state index contributed by atoms with van der Waals surface area (Å²) in [6.07, 6.45) is 2.08. The number of aryl methyl sites for hydroxylation is 1. The highest BCUT2D eigenvalue weighted by molar-refractivity contribution is 5.97. The number of nitrogens with zero attached hydrogens (tertiary/aromatic N) is 3. The van der Waals surface area contributed by atoms with Crippen LogP contribution in [0.15, 0.2) is 36.4 Å². The number of hydrogen-bond donors (Lipinski definition) is 0. The average Bonchev–Trinajstić information content (AvgIpc) is 3.05. The Morgan fingerprint density at radius 3 is 2.57 bits per heavy atom. The molecule has 0 aromatic heterocycles. The molecule has 2 fully saturated rings. The molecule has 30 heavy (non-hydrogen) atoms. The molecule has 2 heterocycles. The van der Waals surface area contributed by atoms with Crippen LogP contribution in [0.5, 0.6) is 5.75 Å². The molecule has 1 amide bonds. The molecule has 0 radical (unpaired) electrons. The van der Waals surface area contributed by atoms with Crippen LogP contribution < -0.4 is 9.64 Å². The lowest BCUT2D eigenvalue weighted by Crippen LogP contribution is -2.44. The maximum absolute atomic E-state index is 13.6. The SMILES string of the molecule is COc1ccc(C)cc1C(=O)N1CC[C@@H]2C[C@@H]1c1cc(N3CCN(C)CC3)ccc12. The van der Waals surface area contributed by atoms with Crippen molar-refractivity contribution in [3.63, 3.8) is 0 Å². The summed E-state index contributed by atoms with van der Waals surface area (Å²) in [5.74, 6) is 1.34. The monoisotopic (exact) mass is 405 g/mol. The summed E-state index contributed by atoms with van der Waals surface area (Å²) in [5.41, 5.74) is 5.87. The molecule has 5 nitrogen and oxygen atoms in total. The fourth-order valence-electron chi connectivity index (χ4n) is 5.41. The lowest BCUT2D eigenvalue weighted by atomic mass is 9.95. The van der Waals surface area contributed by atoms with Crippen molar-refractivity contribution in [3.8, 4) is 5.75 Å². The lowest BCUT2D eigenvalue weighted by molar-refractivity contribution is 0.0617. The summed E-state index contributed by atoms with van der Waals surface area (Å²) in [6, 6.07) is 13.0. The second kappa shape index (κ2) is 7.62. The molecule has 5 rings (SSSR count). The van der Waals surface area contributed by atoms with Crippen LogP contribution in [0.25, 0.3) is 0 Å². The first-order chi connectivity index (χ1) is 14.5. The van der Waals surface area contributed by atoms with Crippen LogP contribution in [0.2, 0.25) is 0 Å². The molecule has 2 bridgehead atoms. The Bertz CT molecular complexity index is 965. The molecule has 0 N–H and O–H groups in total. The van der Waals surface area contributed by atoms with Gasteiger partial charge < -0.3 is 19.4 Å². The van der Waals surface area contributed by atoms with E-state index < -0.39 is 0 Å². The van der Waals surface area contributed by atoms with Crippen molar-refractivity contribution in [2.75, 3.05) is 51.8 Å². The van der Waals surface area contributed by atoms with E-state index in [1.54, 1.807) is 7.11 Å². The largest absolute Gasteiger partial charge is 0.496 e. The van der Waals surface area contributed by atoms with Gasteiger partial charge in [0.05, 0.1) is 18.7 Å². The van der Waals surface area contributed by atoms with Crippen molar-refractivity contribution in [1.29, 1.82) is 0 Å². The molecule has 2 saturated heterocycles. The average molecular weight is 406 g/mol. The number of ether oxygens (including phenoxy) is 1. The molecule has 158 valence electrons. The lowest BCUT2D eigenvalue weighted by Gasteiger charge is -2.35. The molecule has 0 unspecified atom stereocenters. The zero-order valence-corrected chi connectivity index (χ0v) is 18.2. The fraction of sp³-hybridized carbons (Fsp3) is 0.480. The highest BCUT2D eigenvalue weighted by Crippen LogP contribution is 2.50. The number of benzene rings is 2. The molecule has 0 spiro atoms. The molecule has 2 aromatic carbocycles. The van der Waals surface area contributed by atoms with Gasteiger partial charge in [-0.25, -0.2) is 0 Å². The summed E-state index contributed by atoms with van der Waals surface area (Å²) in [6.45, 7) is 7.15. The number of carbonyl (C=O) groups is 1. The highest BCUT2D eigenvalue weighted by atomic mass is 16.5. The Labute approximate surface area is 179 Å². The number of rotatable bonds is 3. The van der Waals surface area contributed by atoms with Crippen molar-refractivity contribution in [2.24, 2.45) is 0 Å². The van der Waals surface area contributed by atoms with E-state index in [-0.39, 0.29) is 11.9 Å². The van der Waals surface area contributed by atoms with Crippen LogP contribution in [0.1, 0.15) is 51.8 Å². The minimum atomic E-state index is 0.0943. The molecule has 3 aliphatic rings. The van der Waals surface area contributed by atoms with Gasteiger partial charge in [-0.05, 0) is 68.1 Å².